The minimum Gasteiger partial charge on any atom is -0.481 e. The third-order valence-corrected chi connectivity index (χ3v) is 4.37. The fourth-order valence-corrected chi connectivity index (χ4v) is 3.21. The maximum atomic E-state index is 12.1. The number of nitrogens with zero attached hydrogens (tertiary/aromatic N) is 1. The average molecular weight is 294 g/mol. The molecule has 2 rings (SSSR count). The average Bonchev–Trinajstić information content (AvgIpc) is 2.95. The van der Waals surface area contributed by atoms with Gasteiger partial charge in [0.1, 0.15) is 5.76 Å². The molecule has 1 aliphatic carbocycles. The zero-order valence-corrected chi connectivity index (χ0v) is 12.6. The fourth-order valence-electron chi connectivity index (χ4n) is 3.21. The minimum absolute atomic E-state index is 0.0751. The third kappa shape index (κ3) is 3.83. The van der Waals surface area contributed by atoms with E-state index in [1.54, 1.807) is 0 Å². The van der Waals surface area contributed by atoms with E-state index in [9.17, 15) is 9.59 Å². The summed E-state index contributed by atoms with van der Waals surface area (Å²) in [6.45, 7) is 4.02. The Bertz CT molecular complexity index is 510. The maximum Gasteiger partial charge on any atom is 0.303 e. The van der Waals surface area contributed by atoms with Crippen LogP contribution < -0.4 is 5.32 Å². The highest BCUT2D eigenvalue weighted by atomic mass is 16.5. The monoisotopic (exact) mass is 294 g/mol. The number of aryl methyl sites for hydroxylation is 2. The van der Waals surface area contributed by atoms with Gasteiger partial charge in [0.15, 0.2) is 0 Å². The van der Waals surface area contributed by atoms with E-state index >= 15 is 0 Å². The van der Waals surface area contributed by atoms with Gasteiger partial charge in [0.2, 0.25) is 5.91 Å². The third-order valence-electron chi connectivity index (χ3n) is 4.37. The lowest BCUT2D eigenvalue weighted by atomic mass is 9.79. The van der Waals surface area contributed by atoms with E-state index in [1.807, 2.05) is 13.8 Å². The highest BCUT2D eigenvalue weighted by Crippen LogP contribution is 2.44. The number of nitrogens with one attached hydrogen (secondary N) is 1. The quantitative estimate of drug-likeness (QED) is 0.840. The molecule has 0 aromatic carbocycles. The second-order valence-electron chi connectivity index (χ2n) is 6.03. The van der Waals surface area contributed by atoms with Gasteiger partial charge in [-0.25, -0.2) is 0 Å². The molecule has 0 atom stereocenters. The predicted octanol–water partition coefficient (Wildman–Crippen LogP) is 2.33. The van der Waals surface area contributed by atoms with Crippen LogP contribution >= 0.6 is 0 Å². The standard InChI is InChI=1S/C15H22N2O4/c1-10-12(11(2)21-17-10)9-16-13(18)7-15(8-14(19)20)5-3-4-6-15/h3-9H2,1-2H3,(H,16,18)(H,19,20). The zero-order valence-electron chi connectivity index (χ0n) is 12.6. The molecule has 2 N–H and O–H groups in total. The number of carboxylic acids is 1. The van der Waals surface area contributed by atoms with Gasteiger partial charge >= 0.3 is 5.97 Å². The largest absolute Gasteiger partial charge is 0.481 e. The summed E-state index contributed by atoms with van der Waals surface area (Å²) < 4.78 is 5.05. The lowest BCUT2D eigenvalue weighted by Gasteiger charge is -2.26. The van der Waals surface area contributed by atoms with Gasteiger partial charge in [0.25, 0.3) is 0 Å². The first kappa shape index (κ1) is 15.5. The molecular formula is C15H22N2O4. The van der Waals surface area contributed by atoms with Crippen LogP contribution in [0.25, 0.3) is 0 Å². The van der Waals surface area contributed by atoms with Crippen molar-refractivity contribution in [2.75, 3.05) is 0 Å². The van der Waals surface area contributed by atoms with Crippen molar-refractivity contribution in [3.8, 4) is 0 Å². The molecule has 21 heavy (non-hydrogen) atoms. The summed E-state index contributed by atoms with van der Waals surface area (Å²) in [4.78, 5) is 23.2. The van der Waals surface area contributed by atoms with Crippen molar-refractivity contribution in [3.63, 3.8) is 0 Å². The summed E-state index contributed by atoms with van der Waals surface area (Å²) in [6.07, 6.45) is 4.00. The van der Waals surface area contributed by atoms with Crippen molar-refractivity contribution < 1.29 is 19.2 Å². The molecule has 0 radical (unpaired) electrons. The summed E-state index contributed by atoms with van der Waals surface area (Å²) in [5.74, 6) is -0.220. The van der Waals surface area contributed by atoms with Crippen molar-refractivity contribution in [2.45, 2.75) is 58.9 Å². The first-order valence-corrected chi connectivity index (χ1v) is 7.32. The molecule has 0 bridgehead atoms. The second kappa shape index (κ2) is 6.28. The smallest absolute Gasteiger partial charge is 0.303 e. The molecule has 6 nitrogen and oxygen atoms in total. The van der Waals surface area contributed by atoms with Gasteiger partial charge in [-0.3, -0.25) is 9.59 Å². The first-order chi connectivity index (χ1) is 9.92. The summed E-state index contributed by atoms with van der Waals surface area (Å²) in [7, 11) is 0. The second-order valence-corrected chi connectivity index (χ2v) is 6.03. The van der Waals surface area contributed by atoms with E-state index in [2.05, 4.69) is 10.5 Å². The van der Waals surface area contributed by atoms with Crippen LogP contribution in [0.2, 0.25) is 0 Å². The Morgan fingerprint density at radius 2 is 1.95 bits per heavy atom. The SMILES string of the molecule is Cc1noc(C)c1CNC(=O)CC1(CC(=O)O)CCCC1. The fraction of sp³-hybridized carbons (Fsp3) is 0.667. The molecule has 1 aromatic rings. The number of aromatic nitrogens is 1. The van der Waals surface area contributed by atoms with Crippen molar-refractivity contribution in [1.82, 2.24) is 10.5 Å². The van der Waals surface area contributed by atoms with Gasteiger partial charge in [0.05, 0.1) is 12.1 Å². The number of carbonyl (C=O) groups is 2. The van der Waals surface area contributed by atoms with E-state index in [4.69, 9.17) is 9.63 Å². The van der Waals surface area contributed by atoms with E-state index in [1.165, 1.54) is 0 Å². The molecule has 0 unspecified atom stereocenters. The van der Waals surface area contributed by atoms with Crippen LogP contribution in [0.5, 0.6) is 0 Å². The molecule has 1 aromatic heterocycles. The molecule has 1 amide bonds. The van der Waals surface area contributed by atoms with Gasteiger partial charge in [-0.1, -0.05) is 18.0 Å². The molecule has 1 heterocycles. The lowest BCUT2D eigenvalue weighted by Crippen LogP contribution is -2.31. The van der Waals surface area contributed by atoms with Crippen molar-refractivity contribution in [2.24, 2.45) is 5.41 Å². The summed E-state index contributed by atoms with van der Waals surface area (Å²) in [5, 5.41) is 15.8. The maximum absolute atomic E-state index is 12.1. The predicted molar refractivity (Wildman–Crippen MR) is 75.6 cm³/mol. The molecule has 0 spiro atoms. The normalized spacial score (nSPS) is 16.9. The molecule has 116 valence electrons. The number of carbonyl (C=O) groups excluding carboxylic acids is 1. The number of amides is 1. The molecule has 6 heteroatoms. The Kier molecular flexibility index (Phi) is 4.65. The number of hydrogen-bond acceptors (Lipinski definition) is 4. The van der Waals surface area contributed by atoms with Crippen LogP contribution in [0.15, 0.2) is 4.52 Å². The van der Waals surface area contributed by atoms with Crippen LogP contribution in [0.3, 0.4) is 0 Å². The summed E-state index contributed by atoms with van der Waals surface area (Å²) >= 11 is 0. The number of carboxylic acid groups (broad SMARTS) is 1. The van der Waals surface area contributed by atoms with Crippen LogP contribution in [-0.2, 0) is 16.1 Å². The Labute approximate surface area is 123 Å². The molecule has 1 aliphatic rings. The van der Waals surface area contributed by atoms with Crippen LogP contribution in [0.4, 0.5) is 0 Å². The van der Waals surface area contributed by atoms with Crippen LogP contribution in [-0.4, -0.2) is 22.1 Å². The van der Waals surface area contributed by atoms with E-state index < -0.39 is 5.97 Å². The highest BCUT2D eigenvalue weighted by molar-refractivity contribution is 5.78. The van der Waals surface area contributed by atoms with E-state index in [-0.39, 0.29) is 24.2 Å². The topological polar surface area (TPSA) is 92.4 Å². The number of hydrogen-bond donors (Lipinski definition) is 2. The van der Waals surface area contributed by atoms with Crippen LogP contribution in [0, 0.1) is 19.3 Å². The van der Waals surface area contributed by atoms with Crippen molar-refractivity contribution >= 4 is 11.9 Å². The Balaban J connectivity index is 1.92. The van der Waals surface area contributed by atoms with Gasteiger partial charge in [-0.15, -0.1) is 0 Å². The summed E-state index contributed by atoms with van der Waals surface area (Å²) in [6, 6.07) is 0. The van der Waals surface area contributed by atoms with Gasteiger partial charge in [-0.2, -0.15) is 0 Å². The highest BCUT2D eigenvalue weighted by Gasteiger charge is 2.37. The Morgan fingerprint density at radius 1 is 1.29 bits per heavy atom. The van der Waals surface area contributed by atoms with Gasteiger partial charge in [0, 0.05) is 18.5 Å². The molecule has 1 saturated carbocycles. The van der Waals surface area contributed by atoms with Crippen molar-refractivity contribution in [3.05, 3.63) is 17.0 Å². The summed E-state index contributed by atoms with van der Waals surface area (Å²) in [5.41, 5.74) is 1.30. The van der Waals surface area contributed by atoms with Gasteiger partial charge in [-0.05, 0) is 32.1 Å². The number of aliphatic carboxylic acids is 1. The molecule has 0 aliphatic heterocycles. The zero-order chi connectivity index (χ0) is 15.5. The van der Waals surface area contributed by atoms with E-state index in [0.717, 1.165) is 36.9 Å². The molecule has 1 fully saturated rings. The Hall–Kier alpha value is -1.85. The van der Waals surface area contributed by atoms with Crippen LogP contribution in [0.1, 0.15) is 55.5 Å². The number of rotatable bonds is 6. The molecular weight excluding hydrogens is 272 g/mol. The first-order valence-electron chi connectivity index (χ1n) is 7.32. The van der Waals surface area contributed by atoms with E-state index in [0.29, 0.717) is 12.3 Å². The molecule has 0 saturated heterocycles. The van der Waals surface area contributed by atoms with Gasteiger partial charge < -0.3 is 14.9 Å². The Morgan fingerprint density at radius 3 is 2.48 bits per heavy atom. The minimum atomic E-state index is -0.824. The lowest BCUT2D eigenvalue weighted by molar-refractivity contribution is -0.140. The van der Waals surface area contributed by atoms with Crippen molar-refractivity contribution in [1.29, 1.82) is 0 Å².